The molecule has 0 aromatic rings. The first kappa shape index (κ1) is 16.2. The summed E-state index contributed by atoms with van der Waals surface area (Å²) >= 11 is 0. The van der Waals surface area contributed by atoms with Crippen LogP contribution in [0.25, 0.3) is 0 Å². The molecule has 0 spiro atoms. The van der Waals surface area contributed by atoms with Crippen LogP contribution in [0.1, 0.15) is 39.5 Å². The van der Waals surface area contributed by atoms with Gasteiger partial charge in [-0.2, -0.15) is 0 Å². The number of nitrogens with one attached hydrogen (secondary N) is 1. The van der Waals surface area contributed by atoms with E-state index in [1.807, 2.05) is 6.92 Å². The van der Waals surface area contributed by atoms with E-state index in [1.165, 1.54) is 4.90 Å². The molecule has 0 saturated carbocycles. The number of aliphatic imine (C=N–C) groups is 1. The zero-order chi connectivity index (χ0) is 15.1. The van der Waals surface area contributed by atoms with Gasteiger partial charge in [-0.1, -0.05) is 19.9 Å². The highest BCUT2D eigenvalue weighted by molar-refractivity contribution is 5.97. The van der Waals surface area contributed by atoms with Gasteiger partial charge in [-0.05, 0) is 26.2 Å². The third kappa shape index (κ3) is 4.08. The Balaban J connectivity index is 2.67. The van der Waals surface area contributed by atoms with Crippen LogP contribution < -0.4 is 11.1 Å². The van der Waals surface area contributed by atoms with E-state index in [4.69, 9.17) is 5.73 Å². The van der Waals surface area contributed by atoms with Crippen molar-refractivity contribution in [3.63, 3.8) is 0 Å². The van der Waals surface area contributed by atoms with Crippen LogP contribution in [0.15, 0.2) is 17.3 Å². The lowest BCUT2D eigenvalue weighted by Gasteiger charge is -2.25. The van der Waals surface area contributed by atoms with Gasteiger partial charge in [-0.3, -0.25) is 9.59 Å². The highest BCUT2D eigenvalue weighted by atomic mass is 16.2. The maximum absolute atomic E-state index is 12.2. The number of likely N-dealkylation sites (tertiary alicyclic amines) is 1. The summed E-state index contributed by atoms with van der Waals surface area (Å²) < 4.78 is 0. The normalized spacial score (nSPS) is 20.1. The van der Waals surface area contributed by atoms with Gasteiger partial charge in [0.15, 0.2) is 0 Å². The van der Waals surface area contributed by atoms with Crippen molar-refractivity contribution in [3.05, 3.63) is 12.3 Å². The molecule has 2 unspecified atom stereocenters. The van der Waals surface area contributed by atoms with E-state index in [-0.39, 0.29) is 23.6 Å². The van der Waals surface area contributed by atoms with Crippen molar-refractivity contribution in [1.82, 2.24) is 10.2 Å². The molecule has 1 aliphatic rings. The molecule has 6 heteroatoms. The number of nitrogens with zero attached hydrogens (tertiary/aromatic N) is 2. The van der Waals surface area contributed by atoms with E-state index in [0.717, 1.165) is 25.6 Å². The largest absolute Gasteiger partial charge is 0.390 e. The quantitative estimate of drug-likeness (QED) is 0.428. The summed E-state index contributed by atoms with van der Waals surface area (Å²) in [5.74, 6) is -0.422. The number of rotatable bonds is 6. The fourth-order valence-corrected chi connectivity index (χ4v) is 2.44. The van der Waals surface area contributed by atoms with Crippen LogP contribution >= 0.6 is 0 Å². The van der Waals surface area contributed by atoms with E-state index < -0.39 is 6.04 Å². The van der Waals surface area contributed by atoms with Crippen molar-refractivity contribution in [2.45, 2.75) is 51.6 Å². The topological polar surface area (TPSA) is 87.8 Å². The van der Waals surface area contributed by atoms with Crippen LogP contribution in [0.5, 0.6) is 0 Å². The molecule has 1 rings (SSSR count). The minimum atomic E-state index is -0.425. The molecule has 20 heavy (non-hydrogen) atoms. The van der Waals surface area contributed by atoms with Crippen LogP contribution in [-0.4, -0.2) is 41.7 Å². The lowest BCUT2D eigenvalue weighted by atomic mass is 10.1. The van der Waals surface area contributed by atoms with Crippen LogP contribution in [0.3, 0.4) is 0 Å². The number of nitrogens with two attached hydrogens (primary N) is 1. The highest BCUT2D eigenvalue weighted by Gasteiger charge is 2.35. The van der Waals surface area contributed by atoms with E-state index >= 15 is 0 Å². The van der Waals surface area contributed by atoms with Gasteiger partial charge < -0.3 is 16.0 Å². The van der Waals surface area contributed by atoms with Crippen molar-refractivity contribution in [1.29, 1.82) is 0 Å². The lowest BCUT2D eigenvalue weighted by Crippen LogP contribution is -2.48. The Hall–Kier alpha value is -1.85. The van der Waals surface area contributed by atoms with Crippen molar-refractivity contribution in [2.75, 3.05) is 6.54 Å². The summed E-state index contributed by atoms with van der Waals surface area (Å²) in [6.45, 7) is 8.17. The summed E-state index contributed by atoms with van der Waals surface area (Å²) in [5, 5.41) is 2.95. The maximum atomic E-state index is 12.2. The minimum Gasteiger partial charge on any atom is -0.390 e. The van der Waals surface area contributed by atoms with E-state index in [0.29, 0.717) is 13.0 Å². The second-order valence-corrected chi connectivity index (χ2v) is 5.08. The van der Waals surface area contributed by atoms with Gasteiger partial charge in [0.1, 0.15) is 11.7 Å². The third-order valence-corrected chi connectivity index (χ3v) is 3.40. The van der Waals surface area contributed by atoms with Gasteiger partial charge in [-0.25, -0.2) is 4.99 Å². The Bertz CT molecular complexity index is 406. The zero-order valence-corrected chi connectivity index (χ0v) is 12.3. The molecule has 6 nitrogen and oxygen atoms in total. The SMILES string of the molecule is C=C(N=CN)C(=O)N1CCCC1C(=O)NC(C)CCC. The Morgan fingerprint density at radius 2 is 2.30 bits per heavy atom. The summed E-state index contributed by atoms with van der Waals surface area (Å²) in [6, 6.07) is -0.304. The molecule has 1 saturated heterocycles. The first-order chi connectivity index (χ1) is 9.51. The average molecular weight is 280 g/mol. The Kier molecular flexibility index (Phi) is 6.21. The van der Waals surface area contributed by atoms with Gasteiger partial charge in [0, 0.05) is 12.6 Å². The van der Waals surface area contributed by atoms with Crippen LogP contribution in [0.2, 0.25) is 0 Å². The summed E-state index contributed by atoms with van der Waals surface area (Å²) in [7, 11) is 0. The van der Waals surface area contributed by atoms with Crippen LogP contribution in [0.4, 0.5) is 0 Å². The standard InChI is InChI=1S/C14H24N4O2/c1-4-6-10(2)17-13(19)12-7-5-8-18(12)14(20)11(3)16-9-15/h9-10,12H,3-8H2,1-2H3,(H2,15,16)(H,17,19). The smallest absolute Gasteiger partial charge is 0.272 e. The molecule has 3 N–H and O–H groups in total. The molecule has 1 fully saturated rings. The molecule has 2 amide bonds. The summed E-state index contributed by atoms with van der Waals surface area (Å²) in [6.07, 6.45) is 4.46. The average Bonchev–Trinajstić information content (AvgIpc) is 2.87. The molecule has 1 heterocycles. The van der Waals surface area contributed by atoms with Gasteiger partial charge in [0.2, 0.25) is 5.91 Å². The number of hydrogen-bond donors (Lipinski definition) is 2. The first-order valence-electron chi connectivity index (χ1n) is 7.05. The zero-order valence-electron chi connectivity index (χ0n) is 12.3. The maximum Gasteiger partial charge on any atom is 0.272 e. The molecule has 0 aromatic heterocycles. The predicted molar refractivity (Wildman–Crippen MR) is 79.1 cm³/mol. The Morgan fingerprint density at radius 3 is 2.90 bits per heavy atom. The molecule has 2 atom stereocenters. The summed E-state index contributed by atoms with van der Waals surface area (Å²) in [5.41, 5.74) is 5.22. The lowest BCUT2D eigenvalue weighted by molar-refractivity contribution is -0.136. The van der Waals surface area contributed by atoms with Crippen molar-refractivity contribution < 1.29 is 9.59 Å². The fourth-order valence-electron chi connectivity index (χ4n) is 2.44. The molecular weight excluding hydrogens is 256 g/mol. The third-order valence-electron chi connectivity index (χ3n) is 3.40. The molecule has 0 bridgehead atoms. The van der Waals surface area contributed by atoms with E-state index in [2.05, 4.69) is 23.8 Å². The van der Waals surface area contributed by atoms with Crippen LogP contribution in [0, 0.1) is 0 Å². The predicted octanol–water partition coefficient (Wildman–Crippen LogP) is 0.783. The number of hydrogen-bond acceptors (Lipinski definition) is 3. The van der Waals surface area contributed by atoms with Crippen molar-refractivity contribution in [2.24, 2.45) is 10.7 Å². The van der Waals surface area contributed by atoms with E-state index in [1.54, 1.807) is 0 Å². The second-order valence-electron chi connectivity index (χ2n) is 5.08. The molecular formula is C14H24N4O2. The minimum absolute atomic E-state index is 0.0637. The van der Waals surface area contributed by atoms with Gasteiger partial charge >= 0.3 is 0 Å². The van der Waals surface area contributed by atoms with Crippen LogP contribution in [-0.2, 0) is 9.59 Å². The van der Waals surface area contributed by atoms with Gasteiger partial charge in [0.05, 0.1) is 6.34 Å². The van der Waals surface area contributed by atoms with E-state index in [9.17, 15) is 9.59 Å². The van der Waals surface area contributed by atoms with Gasteiger partial charge in [0.25, 0.3) is 5.91 Å². The Labute approximate surface area is 120 Å². The monoisotopic (exact) mass is 280 g/mol. The summed E-state index contributed by atoms with van der Waals surface area (Å²) in [4.78, 5) is 29.6. The molecule has 112 valence electrons. The van der Waals surface area contributed by atoms with Crippen molar-refractivity contribution in [3.8, 4) is 0 Å². The fraction of sp³-hybridized carbons (Fsp3) is 0.643. The Morgan fingerprint density at radius 1 is 1.60 bits per heavy atom. The van der Waals surface area contributed by atoms with Gasteiger partial charge in [-0.15, -0.1) is 0 Å². The van der Waals surface area contributed by atoms with Crippen molar-refractivity contribution >= 4 is 18.2 Å². The first-order valence-corrected chi connectivity index (χ1v) is 7.05. The number of amides is 2. The second kappa shape index (κ2) is 7.67. The molecule has 1 aliphatic heterocycles. The molecule has 0 radical (unpaired) electrons. The highest BCUT2D eigenvalue weighted by Crippen LogP contribution is 2.20. The number of carbonyl (C=O) groups is 2. The molecule has 0 aromatic carbocycles. The number of carbonyl (C=O) groups excluding carboxylic acids is 2. The molecule has 0 aliphatic carbocycles.